The van der Waals surface area contributed by atoms with Gasteiger partial charge in [0.2, 0.25) is 27.4 Å². The molecule has 4 heterocycles. The highest BCUT2D eigenvalue weighted by Gasteiger charge is 2.63. The van der Waals surface area contributed by atoms with E-state index in [1.165, 1.54) is 16.2 Å². The lowest BCUT2D eigenvalue weighted by molar-refractivity contribution is -0.244. The van der Waals surface area contributed by atoms with Crippen LogP contribution in [0.5, 0.6) is 11.5 Å². The molecule has 4 amide bonds. The highest BCUT2D eigenvalue weighted by atomic mass is 32.2. The minimum atomic E-state index is -4.93. The molecule has 7 rings (SSSR count). The minimum Gasteiger partial charge on any atom is -0.491 e. The molecule has 1 saturated heterocycles. The van der Waals surface area contributed by atoms with Crippen LogP contribution < -0.4 is 24.8 Å². The van der Waals surface area contributed by atoms with Crippen LogP contribution in [0.15, 0.2) is 60.1 Å². The molecule has 0 spiro atoms. The van der Waals surface area contributed by atoms with Gasteiger partial charge in [-0.3, -0.25) is 19.1 Å². The van der Waals surface area contributed by atoms with Gasteiger partial charge in [-0.2, -0.15) is 13.2 Å². The fourth-order valence-electron chi connectivity index (χ4n) is 8.39. The summed E-state index contributed by atoms with van der Waals surface area (Å²) in [5.41, 5.74) is -2.82. The summed E-state index contributed by atoms with van der Waals surface area (Å²) in [4.78, 5) is 67.5. The first-order valence-corrected chi connectivity index (χ1v) is 25.5. The Kier molecular flexibility index (Phi) is 15.6. The van der Waals surface area contributed by atoms with E-state index in [0.717, 1.165) is 5.56 Å². The van der Waals surface area contributed by atoms with Crippen LogP contribution in [-0.4, -0.2) is 100 Å². The quantitative estimate of drug-likeness (QED) is 0.155. The number of rotatable bonds is 11. The van der Waals surface area contributed by atoms with Crippen molar-refractivity contribution >= 4 is 45.2 Å². The number of alkyl halides is 3. The molecule has 68 heavy (non-hydrogen) atoms. The Labute approximate surface area is 404 Å². The van der Waals surface area contributed by atoms with Gasteiger partial charge in [0.05, 0.1) is 23.1 Å². The van der Waals surface area contributed by atoms with Crippen LogP contribution in [0.1, 0.15) is 112 Å². The first-order valence-electron chi connectivity index (χ1n) is 23.2. The summed E-state index contributed by atoms with van der Waals surface area (Å²) in [6, 6.07) is 7.94. The zero-order valence-electron chi connectivity index (χ0n) is 39.9. The smallest absolute Gasteiger partial charge is 0.427 e. The van der Waals surface area contributed by atoms with Gasteiger partial charge in [-0.25, -0.2) is 23.2 Å². The molecule has 1 aromatic carbocycles. The van der Waals surface area contributed by atoms with E-state index >= 15 is 0 Å². The Morgan fingerprint density at radius 1 is 1.03 bits per heavy atom. The summed E-state index contributed by atoms with van der Waals surface area (Å²) >= 11 is 1.36. The van der Waals surface area contributed by atoms with Gasteiger partial charge in [-0.1, -0.05) is 39.8 Å². The number of amides is 4. The third-order valence-corrected chi connectivity index (χ3v) is 15.8. The lowest BCUT2D eigenvalue weighted by Gasteiger charge is -2.34. The maximum atomic E-state index is 15.0. The first kappa shape index (κ1) is 52.1. The highest BCUT2D eigenvalue weighted by Crippen LogP contribution is 2.48. The maximum Gasteiger partial charge on any atom is 0.427 e. The Bertz CT molecular complexity index is 2460. The van der Waals surface area contributed by atoms with E-state index in [9.17, 15) is 40.8 Å². The van der Waals surface area contributed by atoms with Crippen LogP contribution in [-0.2, 0) is 29.1 Å². The molecule has 3 N–H and O–H groups in total. The fourth-order valence-corrected chi connectivity index (χ4v) is 10.3. The molecular formula is C48H69F3N6O9S2. The SMILES string of the molecule is CC.CC(C)Oc1ccc(-c2cc(O[C@@H]3C[C@H]4C(=O)N[C@]5(C(=O)NS(=O)(=O)C6(C)CC6)C[C@H]5/C=C\CC[C@@H](C)C[C@@H](C)[C@H](NC(=O)OC(C)(C)C(F)(F)F)C(=O)N4C3)cc(-c3nccs3)n2)cc1.[HH].[HH].[HH]. The number of aromatic nitrogens is 2. The molecule has 2 aromatic heterocycles. The third-order valence-electron chi connectivity index (χ3n) is 12.8. The van der Waals surface area contributed by atoms with Gasteiger partial charge in [-0.15, -0.1) is 11.3 Å². The number of hydrogen-bond donors (Lipinski definition) is 3. The van der Waals surface area contributed by atoms with Crippen LogP contribution >= 0.6 is 11.3 Å². The second kappa shape index (κ2) is 20.4. The number of sulfonamides is 1. The number of ether oxygens (including phenoxy) is 3. The largest absolute Gasteiger partial charge is 0.491 e. The van der Waals surface area contributed by atoms with Gasteiger partial charge in [-0.05, 0) is 109 Å². The molecule has 3 fully saturated rings. The number of fused-ring (bicyclic) bond motifs is 2. The third kappa shape index (κ3) is 11.8. The van der Waals surface area contributed by atoms with E-state index in [4.69, 9.17) is 19.2 Å². The van der Waals surface area contributed by atoms with Crippen molar-refractivity contribution in [3.8, 4) is 33.5 Å². The van der Waals surface area contributed by atoms with Gasteiger partial charge >= 0.3 is 12.3 Å². The second-order valence-corrected chi connectivity index (χ2v) is 22.2. The highest BCUT2D eigenvalue weighted by molar-refractivity contribution is 7.91. The summed E-state index contributed by atoms with van der Waals surface area (Å²) in [5, 5.41) is 7.64. The van der Waals surface area contributed by atoms with Gasteiger partial charge in [0.1, 0.15) is 45.9 Å². The van der Waals surface area contributed by atoms with E-state index in [1.807, 2.05) is 65.0 Å². The minimum absolute atomic E-state index is 0. The zero-order chi connectivity index (χ0) is 50.0. The van der Waals surface area contributed by atoms with E-state index in [0.29, 0.717) is 73.8 Å². The number of halogens is 3. The Hall–Kier alpha value is -5.24. The molecule has 0 unspecified atom stereocenters. The number of nitrogens with one attached hydrogen (secondary N) is 3. The number of nitrogens with zero attached hydrogens (tertiary/aromatic N) is 3. The van der Waals surface area contributed by atoms with Crippen molar-refractivity contribution in [2.75, 3.05) is 6.54 Å². The van der Waals surface area contributed by atoms with E-state index in [2.05, 4.69) is 20.3 Å². The van der Waals surface area contributed by atoms with Crippen molar-refractivity contribution in [2.24, 2.45) is 17.8 Å². The monoisotopic (exact) mass is 994 g/mol. The van der Waals surface area contributed by atoms with Gasteiger partial charge < -0.3 is 29.7 Å². The number of benzene rings is 1. The Morgan fingerprint density at radius 3 is 2.32 bits per heavy atom. The molecule has 378 valence electrons. The van der Waals surface area contributed by atoms with Gasteiger partial charge in [0.15, 0.2) is 0 Å². The van der Waals surface area contributed by atoms with Crippen molar-refractivity contribution in [1.29, 1.82) is 0 Å². The molecule has 20 heteroatoms. The Balaban J connectivity index is 0.00000263. The number of carbonyl (C=O) groups excluding carboxylic acids is 4. The predicted molar refractivity (Wildman–Crippen MR) is 257 cm³/mol. The maximum absolute atomic E-state index is 15.0. The standard InChI is InChI=1S/C46H57F3N6O9S2.C2H6.3H2/c1-26(2)62-31-14-12-29(13-15-31)34-21-32(22-35(51-34)39-50-18-19-65-39)63-33-23-36-38(56)53-45(41(58)54-66(60,61)44(7)16-17-44)24-30(45)11-9-8-10-27(3)20-28(4)37(40(57)55(36)25-33)52-42(59)64-43(5,6)46(47,48)49;1-2;;;/h9,11-15,18-19,21-22,26-28,30,33,36-37H,8,10,16-17,20,23-25H2,1-7H3,(H,52,59)(H,53,56)(H,54,58);1-2H3;3*1H/b11-9-;;;;/t27-,28-,30-,33-,36+,37+,45-;;;;/m1..../s1. The van der Waals surface area contributed by atoms with Crippen molar-refractivity contribution in [2.45, 2.75) is 154 Å². The molecule has 2 aliphatic carbocycles. The van der Waals surface area contributed by atoms with Crippen molar-refractivity contribution in [1.82, 2.24) is 30.2 Å². The summed E-state index contributed by atoms with van der Waals surface area (Å²) < 4.78 is 86.6. The van der Waals surface area contributed by atoms with Crippen molar-refractivity contribution in [3.63, 3.8) is 0 Å². The molecule has 15 nitrogen and oxygen atoms in total. The average Bonchev–Trinajstić information content (AvgIpc) is 4.01. The first-order chi connectivity index (χ1) is 31.9. The summed E-state index contributed by atoms with van der Waals surface area (Å²) in [6.45, 7) is 14.2. The number of thiazole rings is 1. The van der Waals surface area contributed by atoms with Crippen LogP contribution in [0, 0.1) is 17.8 Å². The average molecular weight is 995 g/mol. The van der Waals surface area contributed by atoms with Crippen LogP contribution in [0.3, 0.4) is 0 Å². The predicted octanol–water partition coefficient (Wildman–Crippen LogP) is 9.09. The summed E-state index contributed by atoms with van der Waals surface area (Å²) in [5.74, 6) is -2.75. The van der Waals surface area contributed by atoms with Gasteiger partial charge in [0.25, 0.3) is 5.91 Å². The number of carbonyl (C=O) groups is 4. The van der Waals surface area contributed by atoms with E-state index in [-0.39, 0.29) is 35.7 Å². The van der Waals surface area contributed by atoms with Crippen LogP contribution in [0.4, 0.5) is 18.0 Å². The number of alkyl carbamates (subject to hydrolysis) is 1. The fraction of sp³-hybridized carbons (Fsp3) is 0.583. The molecule has 2 aliphatic heterocycles. The lowest BCUT2D eigenvalue weighted by atomic mass is 9.88. The molecule has 0 radical (unpaired) electrons. The normalized spacial score (nSPS) is 26.6. The molecule has 0 bridgehead atoms. The number of allylic oxidation sites excluding steroid dienone is 1. The number of pyridine rings is 1. The molecule has 3 aromatic rings. The topological polar surface area (TPSA) is 195 Å². The summed E-state index contributed by atoms with van der Waals surface area (Å²) in [6.07, 6.45) is 0.170. The van der Waals surface area contributed by atoms with Gasteiger partial charge in [0, 0.05) is 45.9 Å². The summed E-state index contributed by atoms with van der Waals surface area (Å²) in [7, 11) is -4.10. The van der Waals surface area contributed by atoms with E-state index in [1.54, 1.807) is 43.6 Å². The molecule has 7 atom stereocenters. The molecule has 2 saturated carbocycles. The lowest BCUT2D eigenvalue weighted by Crippen LogP contribution is -2.59. The molecular weight excluding hydrogens is 926 g/mol. The van der Waals surface area contributed by atoms with Crippen molar-refractivity contribution in [3.05, 3.63) is 60.1 Å². The van der Waals surface area contributed by atoms with Crippen LogP contribution in [0.25, 0.3) is 22.0 Å². The Morgan fingerprint density at radius 2 is 1.71 bits per heavy atom. The molecule has 4 aliphatic rings. The van der Waals surface area contributed by atoms with E-state index < -0.39 is 85.9 Å². The number of hydrogen-bond acceptors (Lipinski definition) is 12. The zero-order valence-corrected chi connectivity index (χ0v) is 41.6. The van der Waals surface area contributed by atoms with Crippen LogP contribution in [0.2, 0.25) is 0 Å². The van der Waals surface area contributed by atoms with Crippen molar-refractivity contribution < 1.29 is 59.3 Å². The second-order valence-electron chi connectivity index (χ2n) is 19.1.